The minimum Gasteiger partial charge on any atom is -0.417 e. The molecule has 2 rings (SSSR count). The molecule has 1 aliphatic carbocycles. The Morgan fingerprint density at radius 2 is 2.00 bits per heavy atom. The molecule has 4 nitrogen and oxygen atoms in total. The molecule has 1 atom stereocenters. The van der Waals surface area contributed by atoms with E-state index < -0.39 is 8.32 Å². The second kappa shape index (κ2) is 7.84. The number of amides is 1. The molecular formula is C21H32FNO3Si. The zero-order valence-corrected chi connectivity index (χ0v) is 18.6. The first-order chi connectivity index (χ1) is 12.3. The first-order valence-corrected chi connectivity index (χ1v) is 12.5. The predicted molar refractivity (Wildman–Crippen MR) is 109 cm³/mol. The molecule has 0 saturated heterocycles. The number of nitrogens with one attached hydrogen (secondary N) is 1. The molecule has 0 fully saturated rings. The van der Waals surface area contributed by atoms with Gasteiger partial charge in [0, 0.05) is 25.0 Å². The van der Waals surface area contributed by atoms with Crippen molar-refractivity contribution in [2.45, 2.75) is 72.0 Å². The van der Waals surface area contributed by atoms with Crippen LogP contribution in [0.4, 0.5) is 10.1 Å². The first kappa shape index (κ1) is 21.8. The highest BCUT2D eigenvalue weighted by molar-refractivity contribution is 6.74. The summed E-state index contributed by atoms with van der Waals surface area (Å²) < 4.78 is 20.4. The number of carbonyl (C=O) groups is 2. The highest BCUT2D eigenvalue weighted by Gasteiger charge is 2.38. The Labute approximate surface area is 163 Å². The molecule has 1 amide bonds. The zero-order valence-electron chi connectivity index (χ0n) is 17.6. The third kappa shape index (κ3) is 4.66. The molecule has 1 unspecified atom stereocenters. The summed E-state index contributed by atoms with van der Waals surface area (Å²) in [5.41, 5.74) is 2.00. The van der Waals surface area contributed by atoms with Crippen molar-refractivity contribution in [3.05, 3.63) is 28.6 Å². The van der Waals surface area contributed by atoms with Crippen molar-refractivity contribution in [3.8, 4) is 0 Å². The molecule has 0 bridgehead atoms. The molecule has 1 aromatic rings. The van der Waals surface area contributed by atoms with Gasteiger partial charge in [-0.25, -0.2) is 4.39 Å². The van der Waals surface area contributed by atoms with Crippen LogP contribution in [0.3, 0.4) is 0 Å². The Balaban J connectivity index is 2.20. The van der Waals surface area contributed by atoms with Crippen LogP contribution in [0.5, 0.6) is 0 Å². The number of hydrogen-bond donors (Lipinski definition) is 1. The lowest BCUT2D eigenvalue weighted by Gasteiger charge is -2.36. The van der Waals surface area contributed by atoms with Gasteiger partial charge in [-0.2, -0.15) is 0 Å². The maximum atomic E-state index is 14.2. The lowest BCUT2D eigenvalue weighted by molar-refractivity contribution is -0.114. The summed E-state index contributed by atoms with van der Waals surface area (Å²) in [7, 11) is -1.85. The maximum Gasteiger partial charge on any atom is 0.221 e. The smallest absolute Gasteiger partial charge is 0.221 e. The first-order valence-electron chi connectivity index (χ1n) is 9.63. The Bertz CT molecular complexity index is 753. The molecule has 1 aliphatic rings. The summed E-state index contributed by atoms with van der Waals surface area (Å²) in [6, 6.07) is 1.27. The summed E-state index contributed by atoms with van der Waals surface area (Å²) in [5.74, 6) is -0.858. The minimum absolute atomic E-state index is 0.0121. The van der Waals surface area contributed by atoms with Gasteiger partial charge in [-0.05, 0) is 61.5 Å². The number of carbonyl (C=O) groups excluding carboxylic acids is 2. The van der Waals surface area contributed by atoms with E-state index in [9.17, 15) is 14.0 Å². The molecule has 1 N–H and O–H groups in total. The number of rotatable bonds is 5. The van der Waals surface area contributed by atoms with Crippen molar-refractivity contribution in [3.63, 3.8) is 0 Å². The number of Topliss-reactive ketones (excluding diaryl/α,β-unsaturated/α-hetero) is 1. The third-order valence-electron chi connectivity index (χ3n) is 6.06. The summed E-state index contributed by atoms with van der Waals surface area (Å²) in [5, 5.41) is 2.76. The van der Waals surface area contributed by atoms with Gasteiger partial charge < -0.3 is 9.74 Å². The van der Waals surface area contributed by atoms with E-state index >= 15 is 0 Å². The van der Waals surface area contributed by atoms with Crippen LogP contribution in [0, 0.1) is 18.7 Å². The summed E-state index contributed by atoms with van der Waals surface area (Å²) in [6.07, 6.45) is 1.99. The van der Waals surface area contributed by atoms with E-state index in [1.54, 1.807) is 6.92 Å². The summed E-state index contributed by atoms with van der Waals surface area (Å²) >= 11 is 0. The molecule has 0 aromatic heterocycles. The van der Waals surface area contributed by atoms with Gasteiger partial charge in [0.05, 0.1) is 5.69 Å². The average Bonchev–Trinajstić information content (AvgIpc) is 2.52. The van der Waals surface area contributed by atoms with E-state index in [4.69, 9.17) is 4.43 Å². The molecule has 27 heavy (non-hydrogen) atoms. The van der Waals surface area contributed by atoms with E-state index in [-0.39, 0.29) is 28.5 Å². The van der Waals surface area contributed by atoms with E-state index in [2.05, 4.69) is 39.2 Å². The second-order valence-corrected chi connectivity index (χ2v) is 13.9. The molecule has 0 radical (unpaired) electrons. The fourth-order valence-electron chi connectivity index (χ4n) is 3.29. The van der Waals surface area contributed by atoms with Crippen molar-refractivity contribution in [2.75, 3.05) is 11.9 Å². The maximum absolute atomic E-state index is 14.2. The Morgan fingerprint density at radius 1 is 1.37 bits per heavy atom. The molecule has 6 heteroatoms. The number of anilines is 1. The van der Waals surface area contributed by atoms with E-state index in [0.29, 0.717) is 42.7 Å². The van der Waals surface area contributed by atoms with Crippen LogP contribution in [0.25, 0.3) is 0 Å². The molecule has 0 heterocycles. The summed E-state index contributed by atoms with van der Waals surface area (Å²) in [6.45, 7) is 14.6. The van der Waals surface area contributed by atoms with Crippen LogP contribution in [-0.2, 0) is 15.6 Å². The van der Waals surface area contributed by atoms with Crippen LogP contribution in [-0.4, -0.2) is 26.6 Å². The quantitative estimate of drug-likeness (QED) is 0.695. The number of ketones is 1. The Hall–Kier alpha value is -1.53. The molecule has 150 valence electrons. The Kier molecular flexibility index (Phi) is 6.32. The van der Waals surface area contributed by atoms with Crippen LogP contribution in [0.1, 0.15) is 62.0 Å². The van der Waals surface area contributed by atoms with Crippen molar-refractivity contribution in [2.24, 2.45) is 5.92 Å². The molecule has 0 aliphatic heterocycles. The second-order valence-electron chi connectivity index (χ2n) is 9.06. The molecular weight excluding hydrogens is 361 g/mol. The van der Waals surface area contributed by atoms with Crippen molar-refractivity contribution in [1.29, 1.82) is 0 Å². The van der Waals surface area contributed by atoms with Gasteiger partial charge in [0.2, 0.25) is 5.91 Å². The normalized spacial score (nSPS) is 17.6. The van der Waals surface area contributed by atoms with Gasteiger partial charge >= 0.3 is 0 Å². The molecule has 0 spiro atoms. The van der Waals surface area contributed by atoms with Crippen LogP contribution in [0.15, 0.2) is 6.07 Å². The fourth-order valence-corrected chi connectivity index (χ4v) is 4.35. The number of halogens is 1. The van der Waals surface area contributed by atoms with E-state index in [1.165, 1.54) is 13.0 Å². The highest BCUT2D eigenvalue weighted by Crippen LogP contribution is 2.38. The highest BCUT2D eigenvalue weighted by atomic mass is 28.4. The standard InChI is InChI=1S/C21H32FNO3Si/c1-13-16-9-8-15(10-11-26-27(6,7)21(3,4)5)20(25)19(16)18(12-17(13)22)23-14(2)24/h12,15H,8-11H2,1-7H3,(H,23,24). The number of benzene rings is 1. The van der Waals surface area contributed by atoms with Gasteiger partial charge in [-0.1, -0.05) is 20.8 Å². The summed E-state index contributed by atoms with van der Waals surface area (Å²) in [4.78, 5) is 24.6. The van der Waals surface area contributed by atoms with Gasteiger partial charge in [0.1, 0.15) is 5.82 Å². The number of fused-ring (bicyclic) bond motifs is 1. The van der Waals surface area contributed by atoms with Crippen LogP contribution >= 0.6 is 0 Å². The van der Waals surface area contributed by atoms with Gasteiger partial charge in [-0.15, -0.1) is 0 Å². The topological polar surface area (TPSA) is 55.4 Å². The van der Waals surface area contributed by atoms with E-state index in [0.717, 1.165) is 5.56 Å². The minimum atomic E-state index is -1.85. The van der Waals surface area contributed by atoms with Crippen molar-refractivity contribution < 1.29 is 18.4 Å². The third-order valence-corrected chi connectivity index (χ3v) is 10.6. The Morgan fingerprint density at radius 3 is 2.56 bits per heavy atom. The average molecular weight is 394 g/mol. The number of hydrogen-bond acceptors (Lipinski definition) is 3. The van der Waals surface area contributed by atoms with Gasteiger partial charge in [-0.3, -0.25) is 9.59 Å². The van der Waals surface area contributed by atoms with Gasteiger partial charge in [0.15, 0.2) is 14.1 Å². The molecule has 1 aromatic carbocycles. The lowest BCUT2D eigenvalue weighted by atomic mass is 9.78. The zero-order chi connectivity index (χ0) is 20.6. The largest absolute Gasteiger partial charge is 0.417 e. The van der Waals surface area contributed by atoms with E-state index in [1.807, 2.05) is 0 Å². The van der Waals surface area contributed by atoms with Crippen molar-refractivity contribution >= 4 is 25.7 Å². The van der Waals surface area contributed by atoms with Crippen LogP contribution in [0.2, 0.25) is 18.1 Å². The van der Waals surface area contributed by atoms with Crippen molar-refractivity contribution in [1.82, 2.24) is 0 Å². The van der Waals surface area contributed by atoms with Gasteiger partial charge in [0.25, 0.3) is 0 Å². The van der Waals surface area contributed by atoms with Crippen LogP contribution < -0.4 is 5.32 Å². The predicted octanol–water partition coefficient (Wildman–Crippen LogP) is 5.25. The molecule has 0 saturated carbocycles. The monoisotopic (exact) mass is 393 g/mol. The lowest BCUT2D eigenvalue weighted by Crippen LogP contribution is -2.41. The fraction of sp³-hybridized carbons (Fsp3) is 0.619. The SMILES string of the molecule is CC(=O)Nc1cc(F)c(C)c2c1C(=O)C(CCO[Si](C)(C)C(C)(C)C)CC2.